The second-order valence-corrected chi connectivity index (χ2v) is 7.61. The molecule has 1 aliphatic rings. The van der Waals surface area contributed by atoms with Gasteiger partial charge in [0.15, 0.2) is 0 Å². The number of fused-ring (bicyclic) bond motifs is 1. The molecular formula is C16H23N5O3S. The molecule has 0 unspecified atom stereocenters. The Hall–Kier alpha value is -1.97. The zero-order valence-electron chi connectivity index (χ0n) is 14.2. The fourth-order valence-electron chi connectivity index (χ4n) is 3.26. The fraction of sp³-hybridized carbons (Fsp3) is 0.500. The van der Waals surface area contributed by atoms with Crippen LogP contribution in [0.15, 0.2) is 24.5 Å². The number of anilines is 1. The SMILES string of the molecule is COc1cc2nccc(N3CCC(CCNS(N)(=O)=O)CC3)c2cn1. The minimum atomic E-state index is -3.59. The van der Waals surface area contributed by atoms with E-state index >= 15 is 0 Å². The molecule has 0 aromatic carbocycles. The molecule has 0 saturated carbocycles. The molecule has 3 heterocycles. The summed E-state index contributed by atoms with van der Waals surface area (Å²) in [5.74, 6) is 1.05. The number of methoxy groups -OCH3 is 1. The van der Waals surface area contributed by atoms with Crippen LogP contribution in [0.25, 0.3) is 10.9 Å². The largest absolute Gasteiger partial charge is 0.481 e. The molecule has 2 aromatic heterocycles. The molecular weight excluding hydrogens is 342 g/mol. The summed E-state index contributed by atoms with van der Waals surface area (Å²) in [6.07, 6.45) is 6.44. The number of nitrogens with zero attached hydrogens (tertiary/aromatic N) is 3. The van der Waals surface area contributed by atoms with Crippen LogP contribution < -0.4 is 19.5 Å². The molecule has 3 N–H and O–H groups in total. The van der Waals surface area contributed by atoms with E-state index in [0.717, 1.165) is 48.9 Å². The van der Waals surface area contributed by atoms with Crippen LogP contribution in [0.1, 0.15) is 19.3 Å². The normalized spacial score (nSPS) is 16.3. The van der Waals surface area contributed by atoms with Crippen molar-refractivity contribution >= 4 is 26.8 Å². The standard InChI is InChI=1S/C16H23N5O3S/c1-24-16-10-14-13(11-19-16)15(3-6-18-14)21-8-4-12(5-9-21)2-7-20-25(17,22)23/h3,6,10-12,20H,2,4-5,7-9H2,1H3,(H2,17,22,23). The summed E-state index contributed by atoms with van der Waals surface area (Å²) in [5.41, 5.74) is 1.99. The zero-order valence-corrected chi connectivity index (χ0v) is 15.0. The lowest BCUT2D eigenvalue weighted by molar-refractivity contribution is 0.382. The summed E-state index contributed by atoms with van der Waals surface area (Å²) in [6.45, 7) is 2.24. The smallest absolute Gasteiger partial charge is 0.274 e. The van der Waals surface area contributed by atoms with Crippen molar-refractivity contribution in [3.8, 4) is 5.88 Å². The lowest BCUT2D eigenvalue weighted by atomic mass is 9.93. The van der Waals surface area contributed by atoms with Gasteiger partial charge in [0.2, 0.25) is 5.88 Å². The molecule has 1 saturated heterocycles. The number of hydrogen-bond acceptors (Lipinski definition) is 6. The summed E-state index contributed by atoms with van der Waals surface area (Å²) in [4.78, 5) is 11.0. The summed E-state index contributed by atoms with van der Waals surface area (Å²) in [7, 11) is -2.00. The number of nitrogens with one attached hydrogen (secondary N) is 1. The van der Waals surface area contributed by atoms with E-state index in [1.807, 2.05) is 12.1 Å². The van der Waals surface area contributed by atoms with Crippen molar-refractivity contribution in [2.45, 2.75) is 19.3 Å². The first kappa shape index (κ1) is 17.8. The van der Waals surface area contributed by atoms with E-state index in [9.17, 15) is 8.42 Å². The molecule has 0 spiro atoms. The number of piperidine rings is 1. The van der Waals surface area contributed by atoms with Gasteiger partial charge in [-0.25, -0.2) is 14.8 Å². The van der Waals surface area contributed by atoms with E-state index in [1.54, 1.807) is 19.5 Å². The van der Waals surface area contributed by atoms with Crippen LogP contribution in [0.5, 0.6) is 5.88 Å². The minimum absolute atomic E-state index is 0.394. The van der Waals surface area contributed by atoms with E-state index < -0.39 is 10.2 Å². The second-order valence-electron chi connectivity index (χ2n) is 6.23. The van der Waals surface area contributed by atoms with E-state index in [4.69, 9.17) is 9.88 Å². The van der Waals surface area contributed by atoms with Crippen molar-refractivity contribution in [3.05, 3.63) is 24.5 Å². The highest BCUT2D eigenvalue weighted by Crippen LogP contribution is 2.30. The predicted molar refractivity (Wildman–Crippen MR) is 96.8 cm³/mol. The van der Waals surface area contributed by atoms with Gasteiger partial charge < -0.3 is 9.64 Å². The molecule has 136 valence electrons. The van der Waals surface area contributed by atoms with E-state index in [1.165, 1.54) is 0 Å². The van der Waals surface area contributed by atoms with Gasteiger partial charge >= 0.3 is 0 Å². The van der Waals surface area contributed by atoms with Crippen LogP contribution in [0.2, 0.25) is 0 Å². The van der Waals surface area contributed by atoms with Gasteiger partial charge in [0.25, 0.3) is 10.2 Å². The summed E-state index contributed by atoms with van der Waals surface area (Å²) in [5, 5.41) is 5.97. The van der Waals surface area contributed by atoms with E-state index in [-0.39, 0.29) is 0 Å². The van der Waals surface area contributed by atoms with Crippen molar-refractivity contribution in [3.63, 3.8) is 0 Å². The summed E-state index contributed by atoms with van der Waals surface area (Å²) >= 11 is 0. The molecule has 9 heteroatoms. The highest BCUT2D eigenvalue weighted by Gasteiger charge is 2.21. The second kappa shape index (κ2) is 7.51. The Morgan fingerprint density at radius 1 is 1.36 bits per heavy atom. The van der Waals surface area contributed by atoms with E-state index in [0.29, 0.717) is 18.3 Å². The Morgan fingerprint density at radius 2 is 2.12 bits per heavy atom. The third kappa shape index (κ3) is 4.56. The Balaban J connectivity index is 1.64. The van der Waals surface area contributed by atoms with E-state index in [2.05, 4.69) is 19.6 Å². The Morgan fingerprint density at radius 3 is 2.80 bits per heavy atom. The van der Waals surface area contributed by atoms with Gasteiger partial charge in [0.05, 0.1) is 12.6 Å². The Kier molecular flexibility index (Phi) is 5.36. The Labute approximate surface area is 147 Å². The fourth-order valence-corrected chi connectivity index (χ4v) is 3.67. The monoisotopic (exact) mass is 365 g/mol. The maximum absolute atomic E-state index is 10.9. The molecule has 1 aliphatic heterocycles. The van der Waals surface area contributed by atoms with Gasteiger partial charge in [0.1, 0.15) is 0 Å². The van der Waals surface area contributed by atoms with Gasteiger partial charge in [-0.15, -0.1) is 0 Å². The lowest BCUT2D eigenvalue weighted by Crippen LogP contribution is -2.36. The number of aromatic nitrogens is 2. The molecule has 8 nitrogen and oxygen atoms in total. The quantitative estimate of drug-likeness (QED) is 0.791. The average Bonchev–Trinajstić information content (AvgIpc) is 2.60. The molecule has 0 amide bonds. The van der Waals surface area contributed by atoms with Crippen LogP contribution in [-0.4, -0.2) is 45.1 Å². The summed E-state index contributed by atoms with van der Waals surface area (Å²) in [6, 6.07) is 3.85. The molecule has 3 rings (SSSR count). The molecule has 0 radical (unpaired) electrons. The summed E-state index contributed by atoms with van der Waals surface area (Å²) < 4.78 is 29.4. The number of hydrogen-bond donors (Lipinski definition) is 2. The highest BCUT2D eigenvalue weighted by atomic mass is 32.2. The molecule has 25 heavy (non-hydrogen) atoms. The third-order valence-corrected chi connectivity index (χ3v) is 5.21. The zero-order chi connectivity index (χ0) is 17.9. The highest BCUT2D eigenvalue weighted by molar-refractivity contribution is 7.87. The van der Waals surface area contributed by atoms with Crippen molar-refractivity contribution in [1.29, 1.82) is 0 Å². The minimum Gasteiger partial charge on any atom is -0.481 e. The molecule has 0 bridgehead atoms. The molecule has 2 aromatic rings. The van der Waals surface area contributed by atoms with Crippen molar-refractivity contribution in [1.82, 2.24) is 14.7 Å². The third-order valence-electron chi connectivity index (χ3n) is 4.60. The van der Waals surface area contributed by atoms with Crippen LogP contribution in [0.4, 0.5) is 5.69 Å². The van der Waals surface area contributed by atoms with Crippen LogP contribution in [0, 0.1) is 5.92 Å². The molecule has 1 fully saturated rings. The molecule has 0 atom stereocenters. The van der Waals surface area contributed by atoms with Crippen LogP contribution in [-0.2, 0) is 10.2 Å². The molecule has 0 aliphatic carbocycles. The van der Waals surface area contributed by atoms with Gasteiger partial charge in [-0.05, 0) is 31.2 Å². The first-order valence-electron chi connectivity index (χ1n) is 8.27. The topological polar surface area (TPSA) is 110 Å². The van der Waals surface area contributed by atoms with Crippen molar-refractivity contribution in [2.75, 3.05) is 31.6 Å². The average molecular weight is 365 g/mol. The van der Waals surface area contributed by atoms with Gasteiger partial charge in [-0.2, -0.15) is 8.42 Å². The number of rotatable bonds is 6. The Bertz CT molecular complexity index is 835. The lowest BCUT2D eigenvalue weighted by Gasteiger charge is -2.34. The maximum atomic E-state index is 10.9. The predicted octanol–water partition coefficient (Wildman–Crippen LogP) is 1.04. The van der Waals surface area contributed by atoms with Crippen molar-refractivity contribution < 1.29 is 13.2 Å². The first-order valence-corrected chi connectivity index (χ1v) is 9.82. The van der Waals surface area contributed by atoms with Gasteiger partial charge in [-0.3, -0.25) is 4.98 Å². The first-order chi connectivity index (χ1) is 12.0. The van der Waals surface area contributed by atoms with Crippen LogP contribution in [0.3, 0.4) is 0 Å². The van der Waals surface area contributed by atoms with Gasteiger partial charge in [0, 0.05) is 49.2 Å². The number of pyridine rings is 2. The maximum Gasteiger partial charge on any atom is 0.274 e. The number of nitrogens with two attached hydrogens (primary N) is 1. The van der Waals surface area contributed by atoms with Crippen molar-refractivity contribution in [2.24, 2.45) is 11.1 Å². The van der Waals surface area contributed by atoms with Gasteiger partial charge in [-0.1, -0.05) is 0 Å². The number of ether oxygens (including phenoxy) is 1. The van der Waals surface area contributed by atoms with Crippen LogP contribution >= 0.6 is 0 Å².